The zero-order chi connectivity index (χ0) is 11.8. The molecule has 0 bridgehead atoms. The molecule has 0 radical (unpaired) electrons. The molecule has 86 valence electrons. The van der Waals surface area contributed by atoms with E-state index >= 15 is 0 Å². The van der Waals surface area contributed by atoms with Crippen molar-refractivity contribution in [2.24, 2.45) is 0 Å². The Hall–Kier alpha value is -1.87. The lowest BCUT2D eigenvalue weighted by Gasteiger charge is -2.11. The molecule has 0 fully saturated rings. The second-order valence-corrected chi connectivity index (χ2v) is 4.31. The van der Waals surface area contributed by atoms with Crippen LogP contribution < -0.4 is 5.56 Å². The molecule has 0 aliphatic heterocycles. The fraction of sp³-hybridized carbons (Fsp3) is 0.214. The SMILES string of the molecule is O=c1ccccn1-c1cccc2c1CC[C@@H]2O. The molecule has 0 amide bonds. The molecule has 1 aromatic heterocycles. The first-order chi connectivity index (χ1) is 8.27. The van der Waals surface area contributed by atoms with Gasteiger partial charge in [0, 0.05) is 12.3 Å². The van der Waals surface area contributed by atoms with E-state index in [-0.39, 0.29) is 11.7 Å². The lowest BCUT2D eigenvalue weighted by molar-refractivity contribution is 0.180. The first kappa shape index (κ1) is 10.3. The van der Waals surface area contributed by atoms with Gasteiger partial charge in [-0.05, 0) is 36.1 Å². The predicted octanol–water partition coefficient (Wildman–Crippen LogP) is 1.82. The molecule has 0 spiro atoms. The third-order valence-electron chi connectivity index (χ3n) is 3.30. The highest BCUT2D eigenvalue weighted by atomic mass is 16.3. The molecule has 2 aromatic rings. The Labute approximate surface area is 99.0 Å². The molecule has 1 atom stereocenters. The Morgan fingerprint density at radius 2 is 2.06 bits per heavy atom. The molecule has 3 heteroatoms. The van der Waals surface area contributed by atoms with Gasteiger partial charge in [-0.1, -0.05) is 18.2 Å². The second kappa shape index (κ2) is 3.86. The average Bonchev–Trinajstić information content (AvgIpc) is 2.72. The molecule has 1 aromatic carbocycles. The van der Waals surface area contributed by atoms with Crippen molar-refractivity contribution in [3.8, 4) is 5.69 Å². The molecule has 0 saturated carbocycles. The first-order valence-electron chi connectivity index (χ1n) is 5.75. The van der Waals surface area contributed by atoms with Crippen molar-refractivity contribution in [1.82, 2.24) is 4.57 Å². The maximum atomic E-state index is 11.8. The van der Waals surface area contributed by atoms with Crippen molar-refractivity contribution < 1.29 is 5.11 Å². The number of fused-ring (bicyclic) bond motifs is 1. The standard InChI is InChI=1S/C14H13NO2/c16-13-8-7-10-11(13)4-3-5-12(10)15-9-2-1-6-14(15)17/h1-6,9,13,16H,7-8H2/t13-/m0/s1. The molecule has 3 nitrogen and oxygen atoms in total. The van der Waals surface area contributed by atoms with Gasteiger partial charge in [-0.25, -0.2) is 0 Å². The van der Waals surface area contributed by atoms with Crippen LogP contribution in [0.15, 0.2) is 47.4 Å². The fourth-order valence-electron chi connectivity index (χ4n) is 2.47. The molecule has 0 saturated heterocycles. The summed E-state index contributed by atoms with van der Waals surface area (Å²) >= 11 is 0. The zero-order valence-corrected chi connectivity index (χ0v) is 9.34. The molecular formula is C14H13NO2. The third-order valence-corrected chi connectivity index (χ3v) is 3.30. The smallest absolute Gasteiger partial charge is 0.255 e. The van der Waals surface area contributed by atoms with Crippen LogP contribution in [0.2, 0.25) is 0 Å². The molecule has 1 heterocycles. The fourth-order valence-corrected chi connectivity index (χ4v) is 2.47. The molecule has 0 unspecified atom stereocenters. The minimum absolute atomic E-state index is 0.0395. The van der Waals surface area contributed by atoms with Gasteiger partial charge in [0.15, 0.2) is 0 Å². The number of aliphatic hydroxyl groups excluding tert-OH is 1. The van der Waals surface area contributed by atoms with Crippen molar-refractivity contribution in [2.45, 2.75) is 18.9 Å². The van der Waals surface area contributed by atoms with Crippen LogP contribution in [0.5, 0.6) is 0 Å². The molecular weight excluding hydrogens is 214 g/mol. The maximum absolute atomic E-state index is 11.8. The molecule has 1 aliphatic rings. The Morgan fingerprint density at radius 3 is 2.88 bits per heavy atom. The van der Waals surface area contributed by atoms with E-state index in [0.29, 0.717) is 0 Å². The maximum Gasteiger partial charge on any atom is 0.255 e. The monoisotopic (exact) mass is 227 g/mol. The Morgan fingerprint density at radius 1 is 1.18 bits per heavy atom. The van der Waals surface area contributed by atoms with Crippen LogP contribution in [-0.4, -0.2) is 9.67 Å². The van der Waals surface area contributed by atoms with Gasteiger partial charge in [0.05, 0.1) is 11.8 Å². The van der Waals surface area contributed by atoms with Crippen LogP contribution in [0.4, 0.5) is 0 Å². The molecule has 17 heavy (non-hydrogen) atoms. The summed E-state index contributed by atoms with van der Waals surface area (Å²) in [6, 6.07) is 10.9. The van der Waals surface area contributed by atoms with Gasteiger partial charge in [0.25, 0.3) is 5.56 Å². The van der Waals surface area contributed by atoms with E-state index in [1.165, 1.54) is 0 Å². The Bertz CT molecular complexity index is 616. The summed E-state index contributed by atoms with van der Waals surface area (Å²) in [5, 5.41) is 9.83. The van der Waals surface area contributed by atoms with Crippen LogP contribution in [0.3, 0.4) is 0 Å². The van der Waals surface area contributed by atoms with Gasteiger partial charge >= 0.3 is 0 Å². The summed E-state index contributed by atoms with van der Waals surface area (Å²) in [5.74, 6) is 0. The van der Waals surface area contributed by atoms with Gasteiger partial charge < -0.3 is 5.11 Å². The van der Waals surface area contributed by atoms with Crippen molar-refractivity contribution in [3.63, 3.8) is 0 Å². The second-order valence-electron chi connectivity index (χ2n) is 4.31. The number of nitrogens with zero attached hydrogens (tertiary/aromatic N) is 1. The van der Waals surface area contributed by atoms with Crippen LogP contribution in [-0.2, 0) is 6.42 Å². The molecule has 1 N–H and O–H groups in total. The van der Waals surface area contributed by atoms with Crippen LogP contribution >= 0.6 is 0 Å². The molecule has 3 rings (SSSR count). The summed E-state index contributed by atoms with van der Waals surface area (Å²) in [4.78, 5) is 11.8. The third kappa shape index (κ3) is 1.59. The summed E-state index contributed by atoms with van der Waals surface area (Å²) in [5.41, 5.74) is 2.90. The lowest BCUT2D eigenvalue weighted by atomic mass is 10.1. The number of benzene rings is 1. The van der Waals surface area contributed by atoms with Crippen LogP contribution in [0.1, 0.15) is 23.7 Å². The Balaban J connectivity index is 2.24. The van der Waals surface area contributed by atoms with Gasteiger partial charge in [-0.3, -0.25) is 9.36 Å². The van der Waals surface area contributed by atoms with Crippen LogP contribution in [0.25, 0.3) is 5.69 Å². The van der Waals surface area contributed by atoms with Crippen molar-refractivity contribution >= 4 is 0 Å². The quantitative estimate of drug-likeness (QED) is 0.807. The van der Waals surface area contributed by atoms with E-state index in [9.17, 15) is 9.90 Å². The number of hydrogen-bond acceptors (Lipinski definition) is 2. The van der Waals surface area contributed by atoms with E-state index < -0.39 is 0 Å². The minimum Gasteiger partial charge on any atom is -0.388 e. The highest BCUT2D eigenvalue weighted by molar-refractivity contribution is 5.49. The minimum atomic E-state index is -0.385. The topological polar surface area (TPSA) is 42.2 Å². The highest BCUT2D eigenvalue weighted by Gasteiger charge is 2.23. The largest absolute Gasteiger partial charge is 0.388 e. The normalized spacial score (nSPS) is 18.1. The van der Waals surface area contributed by atoms with Gasteiger partial charge in [-0.2, -0.15) is 0 Å². The van der Waals surface area contributed by atoms with E-state index in [1.807, 2.05) is 24.3 Å². The summed E-state index contributed by atoms with van der Waals surface area (Å²) in [6.45, 7) is 0. The zero-order valence-electron chi connectivity index (χ0n) is 9.34. The van der Waals surface area contributed by atoms with Crippen molar-refractivity contribution in [2.75, 3.05) is 0 Å². The summed E-state index contributed by atoms with van der Waals surface area (Å²) in [7, 11) is 0. The molecule has 1 aliphatic carbocycles. The highest BCUT2D eigenvalue weighted by Crippen LogP contribution is 2.34. The predicted molar refractivity (Wildman–Crippen MR) is 65.3 cm³/mol. The number of pyridine rings is 1. The number of aliphatic hydroxyl groups is 1. The van der Waals surface area contributed by atoms with E-state index in [1.54, 1.807) is 22.9 Å². The number of rotatable bonds is 1. The van der Waals surface area contributed by atoms with E-state index in [2.05, 4.69) is 0 Å². The van der Waals surface area contributed by atoms with E-state index in [0.717, 1.165) is 29.7 Å². The van der Waals surface area contributed by atoms with Crippen molar-refractivity contribution in [3.05, 3.63) is 64.1 Å². The van der Waals surface area contributed by atoms with Gasteiger partial charge in [0.1, 0.15) is 0 Å². The summed E-state index contributed by atoms with van der Waals surface area (Å²) < 4.78 is 1.64. The number of hydrogen-bond donors (Lipinski definition) is 1. The first-order valence-corrected chi connectivity index (χ1v) is 5.75. The Kier molecular flexibility index (Phi) is 2.34. The lowest BCUT2D eigenvalue weighted by Crippen LogP contribution is -2.17. The number of aromatic nitrogens is 1. The van der Waals surface area contributed by atoms with Gasteiger partial charge in [-0.15, -0.1) is 0 Å². The van der Waals surface area contributed by atoms with E-state index in [4.69, 9.17) is 0 Å². The van der Waals surface area contributed by atoms with Crippen molar-refractivity contribution in [1.29, 1.82) is 0 Å². The summed E-state index contributed by atoms with van der Waals surface area (Å²) in [6.07, 6.45) is 2.95. The van der Waals surface area contributed by atoms with Gasteiger partial charge in [0.2, 0.25) is 0 Å². The average molecular weight is 227 g/mol. The van der Waals surface area contributed by atoms with Crippen LogP contribution in [0, 0.1) is 0 Å².